The third-order valence-corrected chi connectivity index (χ3v) is 4.27. The zero-order chi connectivity index (χ0) is 17.0. The van der Waals surface area contributed by atoms with Crippen molar-refractivity contribution < 1.29 is 4.79 Å². The van der Waals surface area contributed by atoms with Crippen LogP contribution in [0.25, 0.3) is 32.7 Å². The molecule has 25 heavy (non-hydrogen) atoms. The zero-order valence-corrected chi connectivity index (χ0v) is 12.8. The first-order valence-corrected chi connectivity index (χ1v) is 7.66. The number of aromatic amines is 4. The monoisotopic (exact) mass is 332 g/mol. The third-order valence-electron chi connectivity index (χ3n) is 4.27. The number of hydrogen-bond acceptors (Lipinski definition) is 3. The Hall–Kier alpha value is -3.81. The van der Waals surface area contributed by atoms with Gasteiger partial charge in [-0.25, -0.2) is 4.98 Å². The highest BCUT2D eigenvalue weighted by molar-refractivity contribution is 6.23. The highest BCUT2D eigenvalue weighted by Gasteiger charge is 2.17. The van der Waals surface area contributed by atoms with E-state index in [1.807, 2.05) is 24.4 Å². The molecular weight excluding hydrogens is 320 g/mol. The van der Waals surface area contributed by atoms with Crippen LogP contribution >= 0.6 is 0 Å². The van der Waals surface area contributed by atoms with Crippen molar-refractivity contribution in [2.24, 2.45) is 0 Å². The lowest BCUT2D eigenvalue weighted by Crippen LogP contribution is -2.12. The number of fused-ring (bicyclic) bond motifs is 5. The van der Waals surface area contributed by atoms with E-state index in [0.717, 1.165) is 32.7 Å². The number of carbonyl (C=O) groups excluding carboxylic acids is 1. The van der Waals surface area contributed by atoms with Crippen LogP contribution in [0.3, 0.4) is 0 Å². The Bertz CT molecular complexity index is 1320. The Morgan fingerprint density at radius 2 is 2.00 bits per heavy atom. The Balaban J connectivity index is 1.73. The van der Waals surface area contributed by atoms with Gasteiger partial charge >= 0.3 is 0 Å². The van der Waals surface area contributed by atoms with Crippen molar-refractivity contribution in [1.29, 1.82) is 0 Å². The van der Waals surface area contributed by atoms with Crippen molar-refractivity contribution in [3.8, 4) is 0 Å². The number of nitrogens with zero attached hydrogens (tertiary/aromatic N) is 1. The molecule has 0 fully saturated rings. The summed E-state index contributed by atoms with van der Waals surface area (Å²) in [4.78, 5) is 28.6. The minimum Gasteiger partial charge on any atom is -0.307 e. The first-order chi connectivity index (χ1) is 12.2. The summed E-state index contributed by atoms with van der Waals surface area (Å²) in [6.07, 6.45) is 1.87. The molecule has 3 heterocycles. The molecule has 0 saturated carbocycles. The van der Waals surface area contributed by atoms with Crippen LogP contribution in [-0.2, 0) is 0 Å². The van der Waals surface area contributed by atoms with Gasteiger partial charge in [0.2, 0.25) is 0 Å². The lowest BCUT2D eigenvalue weighted by atomic mass is 10.0. The normalized spacial score (nSPS) is 11.5. The van der Waals surface area contributed by atoms with Crippen molar-refractivity contribution in [1.82, 2.24) is 25.4 Å². The van der Waals surface area contributed by atoms with Gasteiger partial charge in [0.05, 0.1) is 16.6 Å². The molecule has 8 nitrogen and oxygen atoms in total. The van der Waals surface area contributed by atoms with Crippen molar-refractivity contribution >= 4 is 44.4 Å². The number of amides is 1. The molecule has 2 aromatic carbocycles. The van der Waals surface area contributed by atoms with E-state index in [1.165, 1.54) is 6.07 Å². The van der Waals surface area contributed by atoms with Crippen LogP contribution in [0.15, 0.2) is 47.4 Å². The van der Waals surface area contributed by atoms with Crippen molar-refractivity contribution in [3.63, 3.8) is 0 Å². The Morgan fingerprint density at radius 1 is 1.08 bits per heavy atom. The maximum Gasteiger partial charge on any atom is 0.266 e. The molecule has 0 saturated heterocycles. The first-order valence-electron chi connectivity index (χ1n) is 7.66. The van der Waals surface area contributed by atoms with E-state index in [9.17, 15) is 9.59 Å². The zero-order valence-electron chi connectivity index (χ0n) is 12.8. The van der Waals surface area contributed by atoms with E-state index >= 15 is 0 Å². The molecule has 5 aromatic rings. The van der Waals surface area contributed by atoms with E-state index in [0.29, 0.717) is 11.4 Å². The number of anilines is 1. The first kappa shape index (κ1) is 13.6. The number of rotatable bonds is 2. The Kier molecular flexibility index (Phi) is 2.64. The summed E-state index contributed by atoms with van der Waals surface area (Å²) in [6, 6.07) is 10.6. The van der Waals surface area contributed by atoms with Crippen LogP contribution < -0.4 is 10.9 Å². The highest BCUT2D eigenvalue weighted by Crippen LogP contribution is 2.32. The predicted octanol–water partition coefficient (Wildman–Crippen LogP) is 2.47. The van der Waals surface area contributed by atoms with Crippen LogP contribution in [-0.4, -0.2) is 31.3 Å². The number of benzene rings is 2. The lowest BCUT2D eigenvalue weighted by molar-refractivity contribution is 0.102. The topological polar surface area (TPSA) is 122 Å². The van der Waals surface area contributed by atoms with Crippen molar-refractivity contribution in [2.75, 3.05) is 5.32 Å². The molecule has 122 valence electrons. The summed E-state index contributed by atoms with van der Waals surface area (Å²) in [5.41, 5.74) is 2.64. The van der Waals surface area contributed by atoms with E-state index in [2.05, 4.69) is 30.7 Å². The minimum absolute atomic E-state index is 0.306. The number of nitrogens with one attached hydrogen (secondary N) is 5. The molecule has 8 heteroatoms. The van der Waals surface area contributed by atoms with Crippen molar-refractivity contribution in [2.45, 2.75) is 0 Å². The van der Waals surface area contributed by atoms with Crippen LogP contribution in [0, 0.1) is 0 Å². The molecule has 0 aliphatic heterocycles. The van der Waals surface area contributed by atoms with Crippen LogP contribution in [0.2, 0.25) is 0 Å². The summed E-state index contributed by atoms with van der Waals surface area (Å²) in [6.45, 7) is 0. The molecule has 5 N–H and O–H groups in total. The largest absolute Gasteiger partial charge is 0.307 e. The summed E-state index contributed by atoms with van der Waals surface area (Å²) in [7, 11) is 0. The van der Waals surface area contributed by atoms with Gasteiger partial charge in [-0.1, -0.05) is 18.2 Å². The second kappa shape index (κ2) is 4.84. The van der Waals surface area contributed by atoms with Gasteiger partial charge in [-0.2, -0.15) is 0 Å². The molecule has 1 amide bonds. The maximum atomic E-state index is 12.7. The molecule has 5 rings (SSSR count). The summed E-state index contributed by atoms with van der Waals surface area (Å²) in [5, 5.41) is 16.4. The van der Waals surface area contributed by atoms with Crippen molar-refractivity contribution in [3.05, 3.63) is 58.5 Å². The molecular formula is C17H12N6O2. The molecule has 0 radical (unpaired) electrons. The van der Waals surface area contributed by atoms with Gasteiger partial charge in [0.15, 0.2) is 0 Å². The highest BCUT2D eigenvalue weighted by atomic mass is 16.2. The SMILES string of the molecule is O=C(Nc1cc(=O)[nH][nH]1)c1cccc2nc3c(ccc4c[nH][nH]c43)c12. The van der Waals surface area contributed by atoms with Gasteiger partial charge in [0.25, 0.3) is 11.5 Å². The molecule has 0 atom stereocenters. The molecule has 0 unspecified atom stereocenters. The van der Waals surface area contributed by atoms with E-state index < -0.39 is 0 Å². The van der Waals surface area contributed by atoms with Gasteiger partial charge in [-0.15, -0.1) is 0 Å². The van der Waals surface area contributed by atoms with E-state index in [4.69, 9.17) is 0 Å². The van der Waals surface area contributed by atoms with Crippen LogP contribution in [0.1, 0.15) is 10.4 Å². The van der Waals surface area contributed by atoms with E-state index in [1.54, 1.807) is 12.1 Å². The quantitative estimate of drug-likeness (QED) is 0.341. The minimum atomic E-state index is -0.312. The lowest BCUT2D eigenvalue weighted by Gasteiger charge is -2.04. The molecule has 0 aliphatic carbocycles. The smallest absolute Gasteiger partial charge is 0.266 e. The maximum absolute atomic E-state index is 12.7. The third kappa shape index (κ3) is 1.97. The number of carbonyl (C=O) groups is 1. The fourth-order valence-corrected chi connectivity index (χ4v) is 3.18. The second-order valence-corrected chi connectivity index (χ2v) is 5.78. The fraction of sp³-hybridized carbons (Fsp3) is 0. The van der Waals surface area contributed by atoms with Gasteiger partial charge in [0, 0.05) is 34.0 Å². The molecule has 0 spiro atoms. The average molecular weight is 332 g/mol. The van der Waals surface area contributed by atoms with Gasteiger partial charge < -0.3 is 10.4 Å². The van der Waals surface area contributed by atoms with Gasteiger partial charge in [0.1, 0.15) is 5.82 Å². The summed E-state index contributed by atoms with van der Waals surface area (Å²) < 4.78 is 0. The van der Waals surface area contributed by atoms with Crippen LogP contribution in [0.5, 0.6) is 0 Å². The average Bonchev–Trinajstić information content (AvgIpc) is 3.31. The van der Waals surface area contributed by atoms with E-state index in [-0.39, 0.29) is 11.5 Å². The number of hydrogen-bond donors (Lipinski definition) is 5. The molecule has 3 aromatic heterocycles. The van der Waals surface area contributed by atoms with Crippen LogP contribution in [0.4, 0.5) is 5.82 Å². The number of H-pyrrole nitrogens is 4. The summed E-state index contributed by atoms with van der Waals surface area (Å²) in [5.74, 6) is 0.00507. The van der Waals surface area contributed by atoms with Gasteiger partial charge in [-0.3, -0.25) is 24.9 Å². The standard InChI is InChI=1S/C17H12N6O2/c24-13-6-12(21-22-13)20-17(25)10-2-1-3-11-14(10)9-5-4-8-7-18-23-15(8)16(9)19-11/h1-7,18,23H,(H3,20,21,22,24,25). The fourth-order valence-electron chi connectivity index (χ4n) is 3.18. The Morgan fingerprint density at radius 3 is 2.84 bits per heavy atom. The van der Waals surface area contributed by atoms with Gasteiger partial charge in [-0.05, 0) is 12.1 Å². The predicted molar refractivity (Wildman–Crippen MR) is 94.8 cm³/mol. The molecule has 0 bridgehead atoms. The Labute approximate surface area is 139 Å². The second-order valence-electron chi connectivity index (χ2n) is 5.78. The summed E-state index contributed by atoms with van der Waals surface area (Å²) >= 11 is 0. The molecule has 0 aliphatic rings. The number of aromatic nitrogens is 5.